The van der Waals surface area contributed by atoms with Crippen LogP contribution in [0.25, 0.3) is 0 Å². The van der Waals surface area contributed by atoms with Crippen LogP contribution in [0.15, 0.2) is 42.6 Å². The fraction of sp³-hybridized carbons (Fsp3) is 0.350. The average molecular weight is 338 g/mol. The van der Waals surface area contributed by atoms with Gasteiger partial charge in [-0.05, 0) is 42.0 Å². The van der Waals surface area contributed by atoms with Gasteiger partial charge in [-0.15, -0.1) is 0 Å². The van der Waals surface area contributed by atoms with Gasteiger partial charge in [0.1, 0.15) is 5.69 Å². The van der Waals surface area contributed by atoms with E-state index >= 15 is 0 Å². The first-order chi connectivity index (χ1) is 12.0. The normalized spacial score (nSPS) is 13.7. The maximum Gasteiger partial charge on any atom is 0.354 e. The van der Waals surface area contributed by atoms with Crippen molar-refractivity contribution in [3.63, 3.8) is 0 Å². The molecule has 1 amide bonds. The first kappa shape index (κ1) is 17.1. The Labute approximate surface area is 147 Å². The largest absolute Gasteiger partial charge is 0.477 e. The number of benzene rings is 1. The molecular formula is C20H22N2O3. The molecule has 1 fully saturated rings. The van der Waals surface area contributed by atoms with Gasteiger partial charge >= 0.3 is 5.97 Å². The van der Waals surface area contributed by atoms with Crippen LogP contribution in [0, 0.1) is 0 Å². The van der Waals surface area contributed by atoms with Crippen molar-refractivity contribution in [1.29, 1.82) is 0 Å². The van der Waals surface area contributed by atoms with Crippen molar-refractivity contribution in [2.24, 2.45) is 0 Å². The Morgan fingerprint density at radius 2 is 1.84 bits per heavy atom. The Hall–Kier alpha value is -2.69. The lowest BCUT2D eigenvalue weighted by atomic mass is 10.0. The van der Waals surface area contributed by atoms with Crippen LogP contribution in [0.5, 0.6) is 0 Å². The van der Waals surface area contributed by atoms with Gasteiger partial charge in [0.25, 0.3) is 5.91 Å². The van der Waals surface area contributed by atoms with Crippen molar-refractivity contribution >= 4 is 11.9 Å². The van der Waals surface area contributed by atoms with Crippen molar-refractivity contribution in [3.05, 3.63) is 65.0 Å². The van der Waals surface area contributed by atoms with Crippen LogP contribution in [0.2, 0.25) is 0 Å². The molecule has 5 nitrogen and oxygen atoms in total. The first-order valence-corrected chi connectivity index (χ1v) is 8.55. The highest BCUT2D eigenvalue weighted by molar-refractivity contribution is 5.95. The third kappa shape index (κ3) is 4.05. The molecule has 0 unspecified atom stereocenters. The third-order valence-electron chi connectivity index (χ3n) is 4.48. The van der Waals surface area contributed by atoms with Crippen LogP contribution >= 0.6 is 0 Å². The van der Waals surface area contributed by atoms with Gasteiger partial charge in [-0.3, -0.25) is 4.79 Å². The molecule has 1 N–H and O–H groups in total. The topological polar surface area (TPSA) is 70.5 Å². The maximum absolute atomic E-state index is 12.8. The van der Waals surface area contributed by atoms with Gasteiger partial charge in [0.15, 0.2) is 0 Å². The Balaban J connectivity index is 1.76. The molecule has 1 heterocycles. The predicted octanol–water partition coefficient (Wildman–Crippen LogP) is 3.71. The van der Waals surface area contributed by atoms with Gasteiger partial charge in [-0.2, -0.15) is 0 Å². The molecule has 0 spiro atoms. The van der Waals surface area contributed by atoms with Crippen molar-refractivity contribution in [2.75, 3.05) is 0 Å². The molecule has 0 bridgehead atoms. The minimum atomic E-state index is -1.09. The number of hydrogen-bond donors (Lipinski definition) is 1. The first-order valence-electron chi connectivity index (χ1n) is 8.55. The molecule has 0 saturated heterocycles. The number of carboxylic acids is 1. The molecule has 1 saturated carbocycles. The number of aromatic nitrogens is 1. The zero-order valence-corrected chi connectivity index (χ0v) is 14.5. The van der Waals surface area contributed by atoms with E-state index in [4.69, 9.17) is 5.11 Å². The van der Waals surface area contributed by atoms with Crippen LogP contribution in [-0.4, -0.2) is 32.9 Å². The van der Waals surface area contributed by atoms with Gasteiger partial charge in [-0.25, -0.2) is 9.78 Å². The highest BCUT2D eigenvalue weighted by Gasteiger charge is 2.33. The summed E-state index contributed by atoms with van der Waals surface area (Å²) in [5.74, 6) is -0.711. The van der Waals surface area contributed by atoms with Crippen LogP contribution in [0.4, 0.5) is 0 Å². The average Bonchev–Trinajstić information content (AvgIpc) is 3.44. The molecule has 1 aliphatic rings. The van der Waals surface area contributed by atoms with Crippen molar-refractivity contribution in [2.45, 2.75) is 45.2 Å². The Morgan fingerprint density at radius 1 is 1.16 bits per heavy atom. The van der Waals surface area contributed by atoms with Crippen LogP contribution in [0.1, 0.15) is 64.6 Å². The number of carbonyl (C=O) groups is 2. The molecule has 2 aromatic rings. The summed E-state index contributed by atoms with van der Waals surface area (Å²) in [7, 11) is 0. The molecule has 1 aromatic heterocycles. The lowest BCUT2D eigenvalue weighted by Gasteiger charge is -2.23. The summed E-state index contributed by atoms with van der Waals surface area (Å²) >= 11 is 0. The SMILES string of the molecule is CC(C)c1ccc(CN(C(=O)c2ccc(C(=O)O)nc2)C2CC2)cc1. The van der Waals surface area contributed by atoms with E-state index < -0.39 is 5.97 Å². The number of carbonyl (C=O) groups excluding carboxylic acids is 1. The van der Waals surface area contributed by atoms with Crippen LogP contribution in [-0.2, 0) is 6.54 Å². The molecule has 3 rings (SSSR count). The predicted molar refractivity (Wildman–Crippen MR) is 94.6 cm³/mol. The summed E-state index contributed by atoms with van der Waals surface area (Å²) in [5.41, 5.74) is 2.75. The van der Waals surface area contributed by atoms with E-state index in [1.165, 1.54) is 23.9 Å². The Bertz CT molecular complexity index is 763. The van der Waals surface area contributed by atoms with Gasteiger partial charge < -0.3 is 10.0 Å². The zero-order valence-electron chi connectivity index (χ0n) is 14.5. The molecular weight excluding hydrogens is 316 g/mol. The highest BCUT2D eigenvalue weighted by atomic mass is 16.4. The summed E-state index contributed by atoms with van der Waals surface area (Å²) in [6.07, 6.45) is 3.37. The third-order valence-corrected chi connectivity index (χ3v) is 4.48. The molecule has 25 heavy (non-hydrogen) atoms. The van der Waals surface area contributed by atoms with E-state index in [9.17, 15) is 9.59 Å². The van der Waals surface area contributed by atoms with Crippen molar-refractivity contribution in [1.82, 2.24) is 9.88 Å². The van der Waals surface area contributed by atoms with Crippen LogP contribution < -0.4 is 0 Å². The van der Waals surface area contributed by atoms with Gasteiger partial charge in [0.2, 0.25) is 0 Å². The number of nitrogens with zero attached hydrogens (tertiary/aromatic N) is 2. The zero-order chi connectivity index (χ0) is 18.0. The van der Waals surface area contributed by atoms with E-state index in [2.05, 4.69) is 43.1 Å². The van der Waals surface area contributed by atoms with Gasteiger partial charge in [0, 0.05) is 18.8 Å². The number of carboxylic acid groups (broad SMARTS) is 1. The fourth-order valence-electron chi connectivity index (χ4n) is 2.77. The highest BCUT2D eigenvalue weighted by Crippen LogP contribution is 2.30. The molecule has 0 radical (unpaired) electrons. The van der Waals surface area contributed by atoms with Crippen LogP contribution in [0.3, 0.4) is 0 Å². The standard InChI is InChI=1S/C20H22N2O3/c1-13(2)15-5-3-14(4-6-15)12-22(17-8-9-17)19(23)16-7-10-18(20(24)25)21-11-16/h3-7,10-11,13,17H,8-9,12H2,1-2H3,(H,24,25). The number of pyridine rings is 1. The summed E-state index contributed by atoms with van der Waals surface area (Å²) < 4.78 is 0. The van der Waals surface area contributed by atoms with E-state index in [0.29, 0.717) is 18.0 Å². The Morgan fingerprint density at radius 3 is 2.32 bits per heavy atom. The van der Waals surface area contributed by atoms with E-state index in [1.807, 2.05) is 4.90 Å². The van der Waals surface area contributed by atoms with Crippen molar-refractivity contribution < 1.29 is 14.7 Å². The summed E-state index contributed by atoms with van der Waals surface area (Å²) in [6, 6.07) is 11.5. The molecule has 130 valence electrons. The molecule has 0 atom stereocenters. The lowest BCUT2D eigenvalue weighted by molar-refractivity contribution is 0.0685. The number of rotatable bonds is 6. The lowest BCUT2D eigenvalue weighted by Crippen LogP contribution is -2.32. The molecule has 1 aromatic carbocycles. The van der Waals surface area contributed by atoms with Crippen molar-refractivity contribution in [3.8, 4) is 0 Å². The summed E-state index contributed by atoms with van der Waals surface area (Å²) in [5, 5.41) is 8.92. The summed E-state index contributed by atoms with van der Waals surface area (Å²) in [4.78, 5) is 29.4. The fourth-order valence-corrected chi connectivity index (χ4v) is 2.77. The number of aromatic carboxylic acids is 1. The van der Waals surface area contributed by atoms with Gasteiger partial charge in [-0.1, -0.05) is 38.1 Å². The minimum absolute atomic E-state index is 0.0567. The molecule has 5 heteroatoms. The van der Waals surface area contributed by atoms with E-state index in [-0.39, 0.29) is 17.6 Å². The summed E-state index contributed by atoms with van der Waals surface area (Å²) in [6.45, 7) is 4.87. The number of amides is 1. The van der Waals surface area contributed by atoms with E-state index in [1.54, 1.807) is 0 Å². The van der Waals surface area contributed by atoms with E-state index in [0.717, 1.165) is 18.4 Å². The maximum atomic E-state index is 12.8. The second kappa shape index (κ2) is 7.05. The quantitative estimate of drug-likeness (QED) is 0.871. The smallest absolute Gasteiger partial charge is 0.354 e. The number of hydrogen-bond acceptors (Lipinski definition) is 3. The van der Waals surface area contributed by atoms with Gasteiger partial charge in [0.05, 0.1) is 5.56 Å². The minimum Gasteiger partial charge on any atom is -0.477 e. The second-order valence-corrected chi connectivity index (χ2v) is 6.80. The Kier molecular flexibility index (Phi) is 4.83. The second-order valence-electron chi connectivity index (χ2n) is 6.80. The molecule has 1 aliphatic carbocycles. The monoisotopic (exact) mass is 338 g/mol. The molecule has 0 aliphatic heterocycles.